The Morgan fingerprint density at radius 3 is 1.63 bits per heavy atom. The summed E-state index contributed by atoms with van der Waals surface area (Å²) in [6.07, 6.45) is 2.67. The third-order valence-corrected chi connectivity index (χ3v) is 10.5. The van der Waals surface area contributed by atoms with E-state index in [1.54, 1.807) is 68.4 Å². The quantitative estimate of drug-likeness (QED) is 0.0200. The Hall–Kier alpha value is -8.37. The van der Waals surface area contributed by atoms with Crippen molar-refractivity contribution in [3.05, 3.63) is 107 Å². The average Bonchev–Trinajstić information content (AvgIpc) is 3.30. The molecule has 3 aromatic carbocycles. The summed E-state index contributed by atoms with van der Waals surface area (Å²) in [5.41, 5.74) is 40.4. The number of halogens is 1. The fourth-order valence-electron chi connectivity index (χ4n) is 7.14. The Balaban J connectivity index is 2.05. The number of primary amides is 1. The highest BCUT2D eigenvalue weighted by Gasteiger charge is 2.36. The molecule has 5 atom stereocenters. The third kappa shape index (κ3) is 20.8. The van der Waals surface area contributed by atoms with Crippen LogP contribution in [0.5, 0.6) is 0 Å². The second-order valence-corrected chi connectivity index (χ2v) is 16.9. The van der Waals surface area contributed by atoms with Gasteiger partial charge in [-0.2, -0.15) is 0 Å². The molecule has 7 amide bonds. The summed E-state index contributed by atoms with van der Waals surface area (Å²) in [6, 6.07) is 13.4. The molecule has 0 spiro atoms. The molecular formula is C48H66FN15O7. The lowest BCUT2D eigenvalue weighted by Crippen LogP contribution is -2.60. The van der Waals surface area contributed by atoms with Crippen molar-refractivity contribution in [2.45, 2.75) is 95.9 Å². The van der Waals surface area contributed by atoms with Crippen LogP contribution in [0.3, 0.4) is 0 Å². The highest BCUT2D eigenvalue weighted by Crippen LogP contribution is 2.18. The number of imide groups is 1. The number of benzene rings is 3. The molecule has 0 fully saturated rings. The number of hydrogen-bond donors (Lipinski definition) is 11. The second-order valence-electron chi connectivity index (χ2n) is 16.9. The summed E-state index contributed by atoms with van der Waals surface area (Å²) in [5.74, 6) is -7.20. The Bertz CT molecular complexity index is 2400. The Morgan fingerprint density at radius 1 is 0.606 bits per heavy atom. The Labute approximate surface area is 411 Å². The summed E-state index contributed by atoms with van der Waals surface area (Å²) < 4.78 is 14.1. The lowest BCUT2D eigenvalue weighted by molar-refractivity contribution is -0.148. The number of nitrogens with zero attached hydrogens (tertiary/aromatic N) is 4. The maximum Gasteiger partial charge on any atom is 0.253 e. The zero-order valence-electron chi connectivity index (χ0n) is 40.1. The number of hydrogen-bond acceptors (Lipinski definition) is 10. The van der Waals surface area contributed by atoms with Crippen molar-refractivity contribution in [2.75, 3.05) is 13.1 Å². The standard InChI is InChI=1S/C48H66FN15O7/c1-28(2)25-37(43(69)61-36(12-8-24-58-47(53)54)42(68)60-35(41(50)67)11-7-23-57-46(51)52)62-44(70)38(26-31-15-20-34(21-16-31)59-48(55)56)63-45(71)39(27-32-13-18-33(49)19-14-32)64(29(3)65)40(66)22-17-30-9-5-4-6-10-30/h4-6,9-10,13-22,28,35-39H,7-8,11-12,23-27H2,1-3H3,(H2,50,67)(H,60,68)(H,61,69)(H,62,70)(H,63,71)(H4,51,52,57)(H4,53,54,58)(H4,55,56,59)/b22-17+. The van der Waals surface area contributed by atoms with Crippen molar-refractivity contribution in [3.63, 3.8) is 0 Å². The van der Waals surface area contributed by atoms with Crippen LogP contribution in [0.15, 0.2) is 99.9 Å². The number of guanidine groups is 3. The van der Waals surface area contributed by atoms with E-state index < -0.39 is 77.4 Å². The third-order valence-electron chi connectivity index (χ3n) is 10.5. The van der Waals surface area contributed by atoms with Gasteiger partial charge in [-0.1, -0.05) is 68.4 Å². The Morgan fingerprint density at radius 2 is 1.10 bits per heavy atom. The van der Waals surface area contributed by atoms with Crippen LogP contribution >= 0.6 is 0 Å². The van der Waals surface area contributed by atoms with Gasteiger partial charge >= 0.3 is 0 Å². The van der Waals surface area contributed by atoms with Gasteiger partial charge < -0.3 is 61.4 Å². The molecule has 0 radical (unpaired) electrons. The van der Waals surface area contributed by atoms with Gasteiger partial charge in [-0.3, -0.25) is 48.4 Å². The molecule has 0 saturated carbocycles. The van der Waals surface area contributed by atoms with Gasteiger partial charge in [0.05, 0.1) is 5.69 Å². The molecule has 0 saturated heterocycles. The maximum atomic E-state index is 14.7. The van der Waals surface area contributed by atoms with Gasteiger partial charge in [0, 0.05) is 38.9 Å². The molecule has 0 aliphatic rings. The summed E-state index contributed by atoms with van der Waals surface area (Å²) in [6.45, 7) is 4.92. The van der Waals surface area contributed by atoms with Crippen molar-refractivity contribution in [1.82, 2.24) is 26.2 Å². The van der Waals surface area contributed by atoms with Gasteiger partial charge in [0.25, 0.3) is 5.91 Å². The molecule has 3 aromatic rings. The van der Waals surface area contributed by atoms with Gasteiger partial charge in [-0.15, -0.1) is 0 Å². The minimum absolute atomic E-state index is 0.0218. The van der Waals surface area contributed by atoms with Gasteiger partial charge in [0.2, 0.25) is 35.4 Å². The summed E-state index contributed by atoms with van der Waals surface area (Å²) in [7, 11) is 0. The average molecular weight is 984 g/mol. The highest BCUT2D eigenvalue weighted by molar-refractivity contribution is 6.06. The number of carbonyl (C=O) groups excluding carboxylic acids is 7. The van der Waals surface area contributed by atoms with Gasteiger partial charge in [0.15, 0.2) is 17.9 Å². The first-order chi connectivity index (χ1) is 33.6. The van der Waals surface area contributed by atoms with Crippen molar-refractivity contribution in [1.29, 1.82) is 0 Å². The maximum absolute atomic E-state index is 14.7. The molecule has 71 heavy (non-hydrogen) atoms. The van der Waals surface area contributed by atoms with E-state index in [1.807, 2.05) is 0 Å². The molecule has 0 aliphatic carbocycles. The van der Waals surface area contributed by atoms with E-state index in [-0.39, 0.29) is 81.8 Å². The zero-order chi connectivity index (χ0) is 52.6. The SMILES string of the molecule is CC(=O)N(C(=O)/C=C/c1ccccc1)C(Cc1ccc(F)cc1)C(=O)NC(Cc1ccc(N=C(N)N)cc1)C(=O)NC(CC(C)C)C(=O)NC(CCCN=C(N)N)C(=O)NC(CCCN=C(N)N)C(N)=O. The van der Waals surface area contributed by atoms with E-state index in [1.165, 1.54) is 18.2 Å². The van der Waals surface area contributed by atoms with Crippen LogP contribution in [-0.4, -0.2) is 107 Å². The van der Waals surface area contributed by atoms with Crippen LogP contribution in [0.4, 0.5) is 10.1 Å². The van der Waals surface area contributed by atoms with Crippen LogP contribution in [0.1, 0.15) is 69.6 Å². The molecule has 23 heteroatoms. The van der Waals surface area contributed by atoms with E-state index in [9.17, 15) is 38.0 Å². The van der Waals surface area contributed by atoms with Crippen LogP contribution < -0.4 is 61.4 Å². The molecule has 382 valence electrons. The van der Waals surface area contributed by atoms with Crippen molar-refractivity contribution >= 4 is 71.0 Å². The smallest absolute Gasteiger partial charge is 0.253 e. The van der Waals surface area contributed by atoms with Crippen molar-refractivity contribution in [2.24, 2.45) is 61.0 Å². The van der Waals surface area contributed by atoms with Crippen molar-refractivity contribution < 1.29 is 38.0 Å². The van der Waals surface area contributed by atoms with Gasteiger partial charge in [-0.05, 0) is 85.1 Å². The largest absolute Gasteiger partial charge is 0.370 e. The lowest BCUT2D eigenvalue weighted by Gasteiger charge is -2.30. The zero-order valence-corrected chi connectivity index (χ0v) is 40.1. The molecule has 22 nitrogen and oxygen atoms in total. The van der Waals surface area contributed by atoms with E-state index >= 15 is 0 Å². The minimum Gasteiger partial charge on any atom is -0.370 e. The molecule has 0 bridgehead atoms. The number of aliphatic imine (C=N–C) groups is 3. The van der Waals surface area contributed by atoms with Crippen LogP contribution in [0.2, 0.25) is 0 Å². The topological polar surface area (TPSA) is 390 Å². The van der Waals surface area contributed by atoms with E-state index in [4.69, 9.17) is 40.1 Å². The van der Waals surface area contributed by atoms with E-state index in [0.29, 0.717) is 22.4 Å². The predicted octanol–water partition coefficient (Wildman–Crippen LogP) is -0.449. The molecule has 0 aliphatic heterocycles. The number of rotatable bonds is 27. The molecular weight excluding hydrogens is 918 g/mol. The number of amides is 7. The molecule has 5 unspecified atom stereocenters. The summed E-state index contributed by atoms with van der Waals surface area (Å²) in [5, 5.41) is 10.7. The number of carbonyl (C=O) groups is 7. The fraction of sp³-hybridized carbons (Fsp3) is 0.375. The fourth-order valence-corrected chi connectivity index (χ4v) is 7.14. The number of nitrogens with one attached hydrogen (secondary N) is 4. The molecule has 0 heterocycles. The molecule has 0 aromatic heterocycles. The first-order valence-electron chi connectivity index (χ1n) is 22.7. The second kappa shape index (κ2) is 28.8. The lowest BCUT2D eigenvalue weighted by atomic mass is 9.99. The van der Waals surface area contributed by atoms with Crippen molar-refractivity contribution in [3.8, 4) is 0 Å². The normalized spacial score (nSPS) is 13.0. The van der Waals surface area contributed by atoms with E-state index in [0.717, 1.165) is 30.0 Å². The molecule has 3 rings (SSSR count). The predicted molar refractivity (Wildman–Crippen MR) is 269 cm³/mol. The first kappa shape index (κ1) is 57.0. The first-order valence-corrected chi connectivity index (χ1v) is 22.7. The minimum atomic E-state index is -1.57. The van der Waals surface area contributed by atoms with E-state index in [2.05, 4.69) is 36.2 Å². The van der Waals surface area contributed by atoms with Crippen LogP contribution in [-0.2, 0) is 46.4 Å². The van der Waals surface area contributed by atoms with Crippen LogP contribution in [0, 0.1) is 11.7 Å². The van der Waals surface area contributed by atoms with Crippen LogP contribution in [0.25, 0.3) is 6.08 Å². The Kier molecular flexibility index (Phi) is 23.1. The van der Waals surface area contributed by atoms with Gasteiger partial charge in [0.1, 0.15) is 36.0 Å². The molecule has 18 N–H and O–H groups in total. The monoisotopic (exact) mass is 984 g/mol. The summed E-state index contributed by atoms with van der Waals surface area (Å²) >= 11 is 0. The number of nitrogens with two attached hydrogens (primary N) is 7. The summed E-state index contributed by atoms with van der Waals surface area (Å²) in [4.78, 5) is 110. The highest BCUT2D eigenvalue weighted by atomic mass is 19.1. The van der Waals surface area contributed by atoms with Gasteiger partial charge in [-0.25, -0.2) is 9.38 Å².